The van der Waals surface area contributed by atoms with E-state index < -0.39 is 0 Å². The van der Waals surface area contributed by atoms with E-state index in [1.165, 1.54) is 19.3 Å². The quantitative estimate of drug-likeness (QED) is 0.812. The van der Waals surface area contributed by atoms with Gasteiger partial charge in [0.05, 0.1) is 0 Å². The summed E-state index contributed by atoms with van der Waals surface area (Å²) in [5.41, 5.74) is 1.13. The summed E-state index contributed by atoms with van der Waals surface area (Å²) in [7, 11) is 0. The van der Waals surface area contributed by atoms with Crippen LogP contribution in [0.5, 0.6) is 0 Å². The van der Waals surface area contributed by atoms with E-state index in [2.05, 4.69) is 41.4 Å². The Morgan fingerprint density at radius 1 is 1.11 bits per heavy atom. The smallest absolute Gasteiger partial charge is 0.134 e. The number of hydrogen-bond acceptors (Lipinski definition) is 4. The van der Waals surface area contributed by atoms with Gasteiger partial charge in [0.25, 0.3) is 0 Å². The van der Waals surface area contributed by atoms with Crippen LogP contribution < -0.4 is 10.6 Å². The van der Waals surface area contributed by atoms with Gasteiger partial charge in [0.1, 0.15) is 17.5 Å². The number of aromatic nitrogens is 2. The lowest BCUT2D eigenvalue weighted by atomic mass is 9.85. The largest absolute Gasteiger partial charge is 0.370 e. The molecule has 2 rings (SSSR count). The highest BCUT2D eigenvalue weighted by Gasteiger charge is 2.18. The van der Waals surface area contributed by atoms with Crippen LogP contribution in [0.2, 0.25) is 0 Å². The van der Waals surface area contributed by atoms with Gasteiger partial charge in [0, 0.05) is 25.1 Å². The Labute approximate surface area is 110 Å². The van der Waals surface area contributed by atoms with Gasteiger partial charge in [-0.25, -0.2) is 9.97 Å². The fraction of sp³-hybridized carbons (Fsp3) is 0.714. The van der Waals surface area contributed by atoms with Crippen molar-refractivity contribution >= 4 is 11.6 Å². The molecule has 1 aliphatic carbocycles. The molecule has 4 nitrogen and oxygen atoms in total. The Morgan fingerprint density at radius 2 is 1.78 bits per heavy atom. The van der Waals surface area contributed by atoms with Crippen molar-refractivity contribution < 1.29 is 0 Å². The molecule has 0 spiro atoms. The minimum absolute atomic E-state index is 0.840. The maximum Gasteiger partial charge on any atom is 0.134 e. The molecular weight excluding hydrogens is 224 g/mol. The first-order valence-electron chi connectivity index (χ1n) is 7.09. The third-order valence-electron chi connectivity index (χ3n) is 3.64. The van der Waals surface area contributed by atoms with Crippen molar-refractivity contribution in [1.82, 2.24) is 9.97 Å². The van der Waals surface area contributed by atoms with E-state index in [0.29, 0.717) is 0 Å². The second-order valence-corrected chi connectivity index (χ2v) is 5.02. The van der Waals surface area contributed by atoms with E-state index in [-0.39, 0.29) is 0 Å². The van der Waals surface area contributed by atoms with Crippen molar-refractivity contribution in [3.8, 4) is 0 Å². The minimum atomic E-state index is 0.840. The predicted molar refractivity (Wildman–Crippen MR) is 76.1 cm³/mol. The van der Waals surface area contributed by atoms with Crippen LogP contribution in [0, 0.1) is 12.8 Å². The molecule has 1 aliphatic rings. The van der Waals surface area contributed by atoms with Crippen LogP contribution >= 0.6 is 0 Å². The van der Waals surface area contributed by atoms with Gasteiger partial charge in [-0.1, -0.05) is 13.3 Å². The molecule has 1 saturated carbocycles. The van der Waals surface area contributed by atoms with E-state index >= 15 is 0 Å². The molecule has 0 radical (unpaired) electrons. The summed E-state index contributed by atoms with van der Waals surface area (Å²) in [4.78, 5) is 9.14. The molecule has 1 aromatic rings. The molecule has 0 bridgehead atoms. The summed E-state index contributed by atoms with van der Waals surface area (Å²) >= 11 is 0. The first kappa shape index (κ1) is 13.1. The fourth-order valence-corrected chi connectivity index (χ4v) is 2.17. The maximum absolute atomic E-state index is 4.60. The van der Waals surface area contributed by atoms with Crippen molar-refractivity contribution in [1.29, 1.82) is 0 Å². The molecule has 100 valence electrons. The van der Waals surface area contributed by atoms with E-state index in [9.17, 15) is 0 Å². The van der Waals surface area contributed by atoms with Crippen LogP contribution in [0.15, 0.2) is 0 Å². The number of rotatable bonds is 6. The summed E-state index contributed by atoms with van der Waals surface area (Å²) in [6, 6.07) is 0. The van der Waals surface area contributed by atoms with E-state index in [4.69, 9.17) is 0 Å². The predicted octanol–water partition coefficient (Wildman–Crippen LogP) is 2.99. The molecule has 1 fully saturated rings. The fourth-order valence-electron chi connectivity index (χ4n) is 2.17. The number of hydrogen-bond donors (Lipinski definition) is 2. The number of aryl methyl sites for hydroxylation is 1. The molecule has 2 N–H and O–H groups in total. The first-order chi connectivity index (χ1) is 8.74. The third kappa shape index (κ3) is 2.92. The molecule has 0 amide bonds. The molecule has 0 unspecified atom stereocenters. The van der Waals surface area contributed by atoms with Gasteiger partial charge in [0.2, 0.25) is 0 Å². The zero-order valence-electron chi connectivity index (χ0n) is 11.7. The van der Waals surface area contributed by atoms with Crippen molar-refractivity contribution in [2.24, 2.45) is 5.92 Å². The number of nitrogens with one attached hydrogen (secondary N) is 2. The summed E-state index contributed by atoms with van der Waals surface area (Å²) in [5.74, 6) is 3.73. The average Bonchev–Trinajstić information content (AvgIpc) is 2.31. The van der Waals surface area contributed by atoms with Gasteiger partial charge < -0.3 is 10.6 Å². The lowest BCUT2D eigenvalue weighted by molar-refractivity contribution is 0.333. The second kappa shape index (κ2) is 6.03. The minimum Gasteiger partial charge on any atom is -0.370 e. The normalized spacial score (nSPS) is 15.3. The molecule has 18 heavy (non-hydrogen) atoms. The zero-order valence-corrected chi connectivity index (χ0v) is 11.7. The van der Waals surface area contributed by atoms with Gasteiger partial charge in [-0.3, -0.25) is 0 Å². The number of anilines is 2. The van der Waals surface area contributed by atoms with Crippen LogP contribution in [-0.4, -0.2) is 23.1 Å². The molecule has 1 aromatic heterocycles. The standard InChI is InChI=1S/C14H24N4/c1-4-12-17-13(15-5-2)10(3)14(18-12)16-9-11-7-6-8-11/h11H,4-9H2,1-3H3,(H2,15,16,17,18). The van der Waals surface area contributed by atoms with E-state index in [1.54, 1.807) is 0 Å². The van der Waals surface area contributed by atoms with Crippen LogP contribution in [0.4, 0.5) is 11.6 Å². The van der Waals surface area contributed by atoms with E-state index in [0.717, 1.165) is 48.5 Å². The van der Waals surface area contributed by atoms with Crippen LogP contribution in [-0.2, 0) is 6.42 Å². The second-order valence-electron chi connectivity index (χ2n) is 5.02. The molecular formula is C14H24N4. The molecule has 0 aliphatic heterocycles. The van der Waals surface area contributed by atoms with Crippen molar-refractivity contribution in [2.45, 2.75) is 46.5 Å². The van der Waals surface area contributed by atoms with Crippen LogP contribution in [0.25, 0.3) is 0 Å². The summed E-state index contributed by atoms with van der Waals surface area (Å²) in [5, 5.41) is 6.81. The van der Waals surface area contributed by atoms with Gasteiger partial charge in [-0.05, 0) is 32.6 Å². The zero-order chi connectivity index (χ0) is 13.0. The van der Waals surface area contributed by atoms with Crippen LogP contribution in [0.3, 0.4) is 0 Å². The highest BCUT2D eigenvalue weighted by molar-refractivity contribution is 5.57. The molecule has 0 saturated heterocycles. The highest BCUT2D eigenvalue weighted by atomic mass is 15.1. The topological polar surface area (TPSA) is 49.8 Å². The monoisotopic (exact) mass is 248 g/mol. The highest BCUT2D eigenvalue weighted by Crippen LogP contribution is 2.27. The lowest BCUT2D eigenvalue weighted by Crippen LogP contribution is -2.22. The lowest BCUT2D eigenvalue weighted by Gasteiger charge is -2.26. The van der Waals surface area contributed by atoms with Crippen LogP contribution in [0.1, 0.15) is 44.5 Å². The average molecular weight is 248 g/mol. The Kier molecular flexibility index (Phi) is 4.39. The molecule has 4 heteroatoms. The Bertz CT molecular complexity index is 399. The first-order valence-corrected chi connectivity index (χ1v) is 7.09. The van der Waals surface area contributed by atoms with E-state index in [1.807, 2.05) is 0 Å². The van der Waals surface area contributed by atoms with Gasteiger partial charge in [-0.15, -0.1) is 0 Å². The Balaban J connectivity index is 2.12. The number of nitrogens with zero attached hydrogens (tertiary/aromatic N) is 2. The van der Waals surface area contributed by atoms with Gasteiger partial charge >= 0.3 is 0 Å². The van der Waals surface area contributed by atoms with Crippen molar-refractivity contribution in [2.75, 3.05) is 23.7 Å². The van der Waals surface area contributed by atoms with Gasteiger partial charge in [0.15, 0.2) is 0 Å². The summed E-state index contributed by atoms with van der Waals surface area (Å²) in [6.07, 6.45) is 4.98. The molecule has 0 atom stereocenters. The SMILES string of the molecule is CCNc1nc(CC)nc(NCC2CCC2)c1C. The van der Waals surface area contributed by atoms with Gasteiger partial charge in [-0.2, -0.15) is 0 Å². The molecule has 1 heterocycles. The molecule has 0 aromatic carbocycles. The summed E-state index contributed by atoms with van der Waals surface area (Å²) in [6.45, 7) is 8.21. The van der Waals surface area contributed by atoms with Crippen molar-refractivity contribution in [3.05, 3.63) is 11.4 Å². The third-order valence-corrected chi connectivity index (χ3v) is 3.64. The maximum atomic E-state index is 4.60. The Morgan fingerprint density at radius 3 is 2.28 bits per heavy atom. The van der Waals surface area contributed by atoms with Crippen molar-refractivity contribution in [3.63, 3.8) is 0 Å². The summed E-state index contributed by atoms with van der Waals surface area (Å²) < 4.78 is 0. The Hall–Kier alpha value is -1.32.